The van der Waals surface area contributed by atoms with Crippen LogP contribution in [-0.2, 0) is 0 Å². The lowest BCUT2D eigenvalue weighted by molar-refractivity contribution is 0.0950. The van der Waals surface area contributed by atoms with Crippen molar-refractivity contribution in [2.24, 2.45) is 5.84 Å². The highest BCUT2D eigenvalue weighted by molar-refractivity contribution is 5.98. The van der Waals surface area contributed by atoms with Gasteiger partial charge in [0, 0.05) is 25.3 Å². The van der Waals surface area contributed by atoms with Crippen LogP contribution in [0.25, 0.3) is 0 Å². The van der Waals surface area contributed by atoms with Gasteiger partial charge in [-0.3, -0.25) is 4.79 Å². The molecule has 1 aromatic heterocycles. The molecule has 2 rings (SSSR count). The quantitative estimate of drug-likeness (QED) is 0.495. The van der Waals surface area contributed by atoms with Gasteiger partial charge in [-0.25, -0.2) is 10.8 Å². The molecular formula is C12H19N5O. The zero-order chi connectivity index (χ0) is 13.0. The van der Waals surface area contributed by atoms with Gasteiger partial charge in [0.15, 0.2) is 5.82 Å². The van der Waals surface area contributed by atoms with Crippen LogP contribution in [0.2, 0.25) is 0 Å². The fourth-order valence-corrected chi connectivity index (χ4v) is 1.84. The second-order valence-corrected chi connectivity index (χ2v) is 4.51. The summed E-state index contributed by atoms with van der Waals surface area (Å²) >= 11 is 0. The molecule has 0 saturated heterocycles. The van der Waals surface area contributed by atoms with Gasteiger partial charge in [0.05, 0.1) is 5.56 Å². The first kappa shape index (κ1) is 12.8. The first-order chi connectivity index (χ1) is 8.72. The average Bonchev–Trinajstić information content (AvgIpc) is 3.22. The van der Waals surface area contributed by atoms with Gasteiger partial charge in [0.2, 0.25) is 0 Å². The van der Waals surface area contributed by atoms with Crippen LogP contribution in [0.3, 0.4) is 0 Å². The summed E-state index contributed by atoms with van der Waals surface area (Å²) in [5, 5.41) is 2.87. The third kappa shape index (κ3) is 3.18. The van der Waals surface area contributed by atoms with Gasteiger partial charge < -0.3 is 15.6 Å². The molecule has 0 unspecified atom stereocenters. The average molecular weight is 249 g/mol. The Kier molecular flexibility index (Phi) is 4.11. The van der Waals surface area contributed by atoms with Crippen molar-refractivity contribution < 1.29 is 4.79 Å². The molecule has 1 aliphatic rings. The van der Waals surface area contributed by atoms with Crippen molar-refractivity contribution in [3.8, 4) is 0 Å². The van der Waals surface area contributed by atoms with Crippen LogP contribution < -0.4 is 16.6 Å². The fourth-order valence-electron chi connectivity index (χ4n) is 1.84. The van der Waals surface area contributed by atoms with E-state index in [-0.39, 0.29) is 5.91 Å². The number of carbonyl (C=O) groups is 1. The zero-order valence-corrected chi connectivity index (χ0v) is 10.5. The number of aromatic nitrogens is 1. The Bertz CT molecular complexity index is 419. The standard InChI is InChI=1S/C12H19N5O/c1-17(9-4-5-9)8-7-15-12(18)10-3-2-6-14-11(10)16-13/h2-3,6,9H,4-5,7-8,13H2,1H3,(H,14,16)(H,15,18). The van der Waals surface area contributed by atoms with E-state index in [0.29, 0.717) is 24.0 Å². The summed E-state index contributed by atoms with van der Waals surface area (Å²) < 4.78 is 0. The number of nitrogens with one attached hydrogen (secondary N) is 2. The van der Waals surface area contributed by atoms with E-state index in [1.807, 2.05) is 0 Å². The molecule has 6 heteroatoms. The third-order valence-corrected chi connectivity index (χ3v) is 3.11. The van der Waals surface area contributed by atoms with Gasteiger partial charge >= 0.3 is 0 Å². The summed E-state index contributed by atoms with van der Waals surface area (Å²) in [5.74, 6) is 5.55. The Morgan fingerprint density at radius 3 is 3.06 bits per heavy atom. The number of hydrazine groups is 1. The highest BCUT2D eigenvalue weighted by Crippen LogP contribution is 2.24. The molecule has 6 nitrogen and oxygen atoms in total. The summed E-state index contributed by atoms with van der Waals surface area (Å²) in [7, 11) is 2.08. The number of likely N-dealkylation sites (N-methyl/N-ethyl adjacent to an activating group) is 1. The molecular weight excluding hydrogens is 230 g/mol. The molecule has 1 aromatic rings. The van der Waals surface area contributed by atoms with Crippen molar-refractivity contribution in [1.29, 1.82) is 0 Å². The molecule has 0 spiro atoms. The molecule has 0 aliphatic heterocycles. The SMILES string of the molecule is CN(CCNC(=O)c1cccnc1NN)C1CC1. The Morgan fingerprint density at radius 2 is 2.39 bits per heavy atom. The third-order valence-electron chi connectivity index (χ3n) is 3.11. The Labute approximate surface area is 107 Å². The minimum absolute atomic E-state index is 0.153. The van der Waals surface area contributed by atoms with Crippen LogP contribution in [0.4, 0.5) is 5.82 Å². The van der Waals surface area contributed by atoms with Gasteiger partial charge in [0.1, 0.15) is 0 Å². The second-order valence-electron chi connectivity index (χ2n) is 4.51. The van der Waals surface area contributed by atoms with E-state index in [0.717, 1.165) is 6.54 Å². The number of pyridine rings is 1. The maximum atomic E-state index is 11.9. The summed E-state index contributed by atoms with van der Waals surface area (Å²) in [6.07, 6.45) is 4.13. The molecule has 4 N–H and O–H groups in total. The topological polar surface area (TPSA) is 83.3 Å². The number of rotatable bonds is 6. The number of nitrogens with two attached hydrogens (primary N) is 1. The van der Waals surface area contributed by atoms with E-state index in [4.69, 9.17) is 5.84 Å². The summed E-state index contributed by atoms with van der Waals surface area (Å²) in [6.45, 7) is 1.49. The molecule has 1 saturated carbocycles. The zero-order valence-electron chi connectivity index (χ0n) is 10.5. The maximum Gasteiger partial charge on any atom is 0.255 e. The van der Waals surface area contributed by atoms with Crippen molar-refractivity contribution in [1.82, 2.24) is 15.2 Å². The number of hydrogen-bond donors (Lipinski definition) is 3. The normalized spacial score (nSPS) is 14.6. The first-order valence-electron chi connectivity index (χ1n) is 6.12. The van der Waals surface area contributed by atoms with Crippen molar-refractivity contribution in [3.05, 3.63) is 23.9 Å². The predicted molar refractivity (Wildman–Crippen MR) is 70.0 cm³/mol. The molecule has 0 radical (unpaired) electrons. The largest absolute Gasteiger partial charge is 0.351 e. The molecule has 0 aromatic carbocycles. The Hall–Kier alpha value is -1.66. The van der Waals surface area contributed by atoms with Crippen LogP contribution in [-0.4, -0.2) is 42.0 Å². The van der Waals surface area contributed by atoms with Crippen LogP contribution in [0.5, 0.6) is 0 Å². The second kappa shape index (κ2) is 5.79. The van der Waals surface area contributed by atoms with E-state index in [1.54, 1.807) is 18.3 Å². The molecule has 18 heavy (non-hydrogen) atoms. The monoisotopic (exact) mass is 249 g/mol. The first-order valence-corrected chi connectivity index (χ1v) is 6.12. The van der Waals surface area contributed by atoms with E-state index in [2.05, 4.69) is 27.7 Å². The van der Waals surface area contributed by atoms with E-state index in [9.17, 15) is 4.79 Å². The number of nitrogen functional groups attached to an aromatic ring is 1. The number of amides is 1. The van der Waals surface area contributed by atoms with Gasteiger partial charge in [-0.15, -0.1) is 0 Å². The van der Waals surface area contributed by atoms with Crippen LogP contribution in [0.1, 0.15) is 23.2 Å². The lowest BCUT2D eigenvalue weighted by atomic mass is 10.2. The molecule has 98 valence electrons. The lowest BCUT2D eigenvalue weighted by Crippen LogP contribution is -2.34. The minimum atomic E-state index is -0.153. The van der Waals surface area contributed by atoms with Crippen molar-refractivity contribution in [2.75, 3.05) is 25.6 Å². The molecule has 0 bridgehead atoms. The summed E-state index contributed by atoms with van der Waals surface area (Å²) in [5.41, 5.74) is 2.89. The smallest absolute Gasteiger partial charge is 0.255 e. The molecule has 0 atom stereocenters. The number of nitrogens with zero attached hydrogens (tertiary/aromatic N) is 2. The minimum Gasteiger partial charge on any atom is -0.351 e. The molecule has 1 fully saturated rings. The van der Waals surface area contributed by atoms with Crippen molar-refractivity contribution >= 4 is 11.7 Å². The summed E-state index contributed by atoms with van der Waals surface area (Å²) in [6, 6.07) is 4.12. The predicted octanol–water partition coefficient (Wildman–Crippen LogP) is 0.191. The number of anilines is 1. The van der Waals surface area contributed by atoms with Gasteiger partial charge in [-0.1, -0.05) is 0 Å². The van der Waals surface area contributed by atoms with Gasteiger partial charge in [-0.2, -0.15) is 0 Å². The summed E-state index contributed by atoms with van der Waals surface area (Å²) in [4.78, 5) is 18.2. The van der Waals surface area contributed by atoms with E-state index >= 15 is 0 Å². The fraction of sp³-hybridized carbons (Fsp3) is 0.500. The van der Waals surface area contributed by atoms with Crippen LogP contribution in [0, 0.1) is 0 Å². The van der Waals surface area contributed by atoms with Crippen molar-refractivity contribution in [3.63, 3.8) is 0 Å². The molecule has 1 aliphatic carbocycles. The highest BCUT2D eigenvalue weighted by atomic mass is 16.1. The van der Waals surface area contributed by atoms with E-state index in [1.165, 1.54) is 12.8 Å². The number of hydrogen-bond acceptors (Lipinski definition) is 5. The molecule has 1 heterocycles. The van der Waals surface area contributed by atoms with Crippen LogP contribution in [0.15, 0.2) is 18.3 Å². The molecule has 1 amide bonds. The van der Waals surface area contributed by atoms with Gasteiger partial charge in [0.25, 0.3) is 5.91 Å². The maximum absolute atomic E-state index is 11.9. The van der Waals surface area contributed by atoms with Crippen LogP contribution >= 0.6 is 0 Å². The lowest BCUT2D eigenvalue weighted by Gasteiger charge is -2.16. The van der Waals surface area contributed by atoms with E-state index < -0.39 is 0 Å². The van der Waals surface area contributed by atoms with Crippen molar-refractivity contribution in [2.45, 2.75) is 18.9 Å². The highest BCUT2D eigenvalue weighted by Gasteiger charge is 2.25. The van der Waals surface area contributed by atoms with Gasteiger partial charge in [-0.05, 0) is 32.0 Å². The Balaban J connectivity index is 1.83. The number of carbonyl (C=O) groups excluding carboxylic acids is 1. The Morgan fingerprint density at radius 1 is 1.61 bits per heavy atom.